The molecule has 0 saturated carbocycles. The van der Waals surface area contributed by atoms with Gasteiger partial charge in [-0.1, -0.05) is 12.7 Å². The van der Waals surface area contributed by atoms with Gasteiger partial charge in [0.25, 0.3) is 0 Å². The zero-order valence-corrected chi connectivity index (χ0v) is 6.82. The minimum Gasteiger partial charge on any atom is -0.449 e. The highest BCUT2D eigenvalue weighted by Gasteiger charge is 1.87. The smallest absolute Gasteiger partial charge is 0.404 e. The van der Waals surface area contributed by atoms with Crippen LogP contribution >= 0.6 is 11.6 Å². The summed E-state index contributed by atoms with van der Waals surface area (Å²) in [6.07, 6.45) is 1.44. The largest absolute Gasteiger partial charge is 0.449 e. The standard InChI is InChI=1S/C4H5ClO2.C2H2O3/c1-2-3-7-4(5)6;3-1-5-2-4/h2H,1,3H2;1-2H. The minimum absolute atomic E-state index is 0.0625. The summed E-state index contributed by atoms with van der Waals surface area (Å²) in [6, 6.07) is 0. The number of hydrogen-bond acceptors (Lipinski definition) is 5. The molecule has 0 bridgehead atoms. The van der Waals surface area contributed by atoms with Crippen molar-refractivity contribution in [2.45, 2.75) is 0 Å². The minimum atomic E-state index is -0.792. The first kappa shape index (κ1) is 13.2. The summed E-state index contributed by atoms with van der Waals surface area (Å²) >= 11 is 4.75. The summed E-state index contributed by atoms with van der Waals surface area (Å²) in [5, 5.41) is 0. The van der Waals surface area contributed by atoms with Crippen LogP contribution in [0, 0.1) is 0 Å². The zero-order valence-electron chi connectivity index (χ0n) is 6.07. The Balaban J connectivity index is 0. The average molecular weight is 195 g/mol. The maximum absolute atomic E-state index is 9.70. The first-order valence-electron chi connectivity index (χ1n) is 2.65. The van der Waals surface area contributed by atoms with E-state index in [1.54, 1.807) is 0 Å². The van der Waals surface area contributed by atoms with Crippen LogP contribution in [0.1, 0.15) is 0 Å². The second-order valence-electron chi connectivity index (χ2n) is 1.17. The fourth-order valence-corrected chi connectivity index (χ4v) is 0.210. The summed E-state index contributed by atoms with van der Waals surface area (Å²) in [4.78, 5) is 27.6. The molecule has 0 aliphatic rings. The zero-order chi connectivity index (χ0) is 9.82. The van der Waals surface area contributed by atoms with Crippen molar-refractivity contribution in [3.63, 3.8) is 0 Å². The third-order valence-corrected chi connectivity index (χ3v) is 0.535. The Hall–Kier alpha value is -1.36. The summed E-state index contributed by atoms with van der Waals surface area (Å²) in [5.41, 5.74) is -0.792. The molecule has 0 N–H and O–H groups in total. The van der Waals surface area contributed by atoms with E-state index in [4.69, 9.17) is 21.2 Å². The van der Waals surface area contributed by atoms with E-state index in [-0.39, 0.29) is 19.6 Å². The van der Waals surface area contributed by atoms with E-state index in [0.717, 1.165) is 0 Å². The Labute approximate surface area is 73.9 Å². The number of rotatable bonds is 4. The van der Waals surface area contributed by atoms with E-state index in [9.17, 15) is 4.79 Å². The van der Waals surface area contributed by atoms with E-state index in [1.165, 1.54) is 6.08 Å². The number of hydrogen-bond donors (Lipinski definition) is 0. The predicted octanol–water partition coefficient (Wildman–Crippen LogP) is 0.864. The summed E-state index contributed by atoms with van der Waals surface area (Å²) in [7, 11) is 0. The van der Waals surface area contributed by atoms with E-state index < -0.39 is 5.43 Å². The number of carbonyl (C=O) groups is 3. The van der Waals surface area contributed by atoms with Crippen LogP contribution in [0.3, 0.4) is 0 Å². The Bertz CT molecular complexity index is 150. The van der Waals surface area contributed by atoms with Gasteiger partial charge in [0.15, 0.2) is 0 Å². The van der Waals surface area contributed by atoms with Crippen LogP contribution in [0.5, 0.6) is 0 Å². The predicted molar refractivity (Wildman–Crippen MR) is 40.6 cm³/mol. The van der Waals surface area contributed by atoms with Crippen molar-refractivity contribution in [3.8, 4) is 0 Å². The van der Waals surface area contributed by atoms with E-state index in [0.29, 0.717) is 0 Å². The molecule has 0 atom stereocenters. The monoisotopic (exact) mass is 194 g/mol. The molecule has 5 nitrogen and oxygen atoms in total. The van der Waals surface area contributed by atoms with Crippen molar-refractivity contribution in [3.05, 3.63) is 12.7 Å². The van der Waals surface area contributed by atoms with Crippen LogP contribution in [0.2, 0.25) is 0 Å². The maximum atomic E-state index is 9.70. The first-order chi connectivity index (χ1) is 5.68. The molecule has 6 heteroatoms. The van der Waals surface area contributed by atoms with E-state index in [2.05, 4.69) is 16.1 Å². The lowest BCUT2D eigenvalue weighted by Crippen LogP contribution is -1.90. The number of ether oxygens (including phenoxy) is 2. The van der Waals surface area contributed by atoms with Gasteiger partial charge in [0, 0.05) is 11.6 Å². The number of halogens is 1. The molecule has 0 saturated heterocycles. The molecular weight excluding hydrogens is 188 g/mol. The van der Waals surface area contributed by atoms with Crippen molar-refractivity contribution < 1.29 is 23.9 Å². The van der Waals surface area contributed by atoms with Gasteiger partial charge in [-0.15, -0.1) is 0 Å². The van der Waals surface area contributed by atoms with Crippen molar-refractivity contribution in [1.29, 1.82) is 0 Å². The van der Waals surface area contributed by atoms with Gasteiger partial charge in [0.1, 0.15) is 6.61 Å². The van der Waals surface area contributed by atoms with Crippen LogP contribution in [0.4, 0.5) is 4.79 Å². The van der Waals surface area contributed by atoms with Gasteiger partial charge >= 0.3 is 18.4 Å². The van der Waals surface area contributed by atoms with Crippen molar-refractivity contribution >= 4 is 30.0 Å². The van der Waals surface area contributed by atoms with E-state index >= 15 is 0 Å². The van der Waals surface area contributed by atoms with Crippen LogP contribution in [-0.4, -0.2) is 25.0 Å². The molecule has 0 aliphatic carbocycles. The lowest BCUT2D eigenvalue weighted by Gasteiger charge is -1.88. The molecule has 0 heterocycles. The molecule has 0 fully saturated rings. The molecule has 68 valence electrons. The molecule has 0 radical (unpaired) electrons. The fraction of sp³-hybridized carbons (Fsp3) is 0.167. The molecule has 0 aromatic carbocycles. The topological polar surface area (TPSA) is 69.7 Å². The second-order valence-corrected chi connectivity index (χ2v) is 1.47. The Morgan fingerprint density at radius 1 is 1.42 bits per heavy atom. The molecule has 0 aliphatic heterocycles. The molecule has 0 unspecified atom stereocenters. The van der Waals surface area contributed by atoms with Crippen molar-refractivity contribution in [1.82, 2.24) is 0 Å². The fourth-order valence-electron chi connectivity index (χ4n) is 0.147. The van der Waals surface area contributed by atoms with Gasteiger partial charge in [-0.3, -0.25) is 9.59 Å². The molecule has 0 amide bonds. The highest BCUT2D eigenvalue weighted by Crippen LogP contribution is 1.84. The number of carbonyl (C=O) groups excluding carboxylic acids is 3. The average Bonchev–Trinajstić information content (AvgIpc) is 2.03. The van der Waals surface area contributed by atoms with Crippen LogP contribution < -0.4 is 0 Å². The SMILES string of the molecule is C=CCOC(=O)Cl.O=COC=O. The third-order valence-electron chi connectivity index (χ3n) is 0.426. The van der Waals surface area contributed by atoms with Crippen molar-refractivity contribution in [2.75, 3.05) is 6.61 Å². The van der Waals surface area contributed by atoms with Gasteiger partial charge in [-0.05, 0) is 0 Å². The molecule has 0 rings (SSSR count). The third kappa shape index (κ3) is 23.4. The van der Waals surface area contributed by atoms with Crippen LogP contribution in [0.15, 0.2) is 12.7 Å². The van der Waals surface area contributed by atoms with Crippen LogP contribution in [-0.2, 0) is 19.1 Å². The lowest BCUT2D eigenvalue weighted by molar-refractivity contribution is -0.141. The van der Waals surface area contributed by atoms with Gasteiger partial charge in [0.2, 0.25) is 0 Å². The first-order valence-corrected chi connectivity index (χ1v) is 3.02. The highest BCUT2D eigenvalue weighted by atomic mass is 35.5. The molecule has 0 spiro atoms. The maximum Gasteiger partial charge on any atom is 0.404 e. The highest BCUT2D eigenvalue weighted by molar-refractivity contribution is 6.61. The quantitative estimate of drug-likeness (QED) is 0.287. The Morgan fingerprint density at radius 2 is 1.92 bits per heavy atom. The summed E-state index contributed by atoms with van der Waals surface area (Å²) < 4.78 is 7.67. The van der Waals surface area contributed by atoms with E-state index in [1.807, 2.05) is 0 Å². The lowest BCUT2D eigenvalue weighted by atomic mass is 10.7. The Kier molecular flexibility index (Phi) is 13.6. The molecular formula is C6H7ClO5. The van der Waals surface area contributed by atoms with Gasteiger partial charge in [-0.2, -0.15) is 0 Å². The Morgan fingerprint density at radius 3 is 2.00 bits per heavy atom. The summed E-state index contributed by atoms with van der Waals surface area (Å²) in [6.45, 7) is 3.60. The molecule has 0 aromatic heterocycles. The summed E-state index contributed by atoms with van der Waals surface area (Å²) in [5.74, 6) is 0. The van der Waals surface area contributed by atoms with Gasteiger partial charge in [0.05, 0.1) is 0 Å². The normalized spacial score (nSPS) is 6.75. The second kappa shape index (κ2) is 12.3. The molecule has 0 aromatic rings. The van der Waals surface area contributed by atoms with Gasteiger partial charge < -0.3 is 9.47 Å². The van der Waals surface area contributed by atoms with Crippen molar-refractivity contribution in [2.24, 2.45) is 0 Å². The molecule has 12 heavy (non-hydrogen) atoms. The van der Waals surface area contributed by atoms with Gasteiger partial charge in [-0.25, -0.2) is 4.79 Å². The van der Waals surface area contributed by atoms with Crippen LogP contribution in [0.25, 0.3) is 0 Å².